The van der Waals surface area contributed by atoms with Gasteiger partial charge in [-0.2, -0.15) is 0 Å². The Hall–Kier alpha value is -1.20. The molecule has 1 N–H and O–H groups in total. The largest absolute Gasteiger partial charge is 0.263 e. The van der Waals surface area contributed by atoms with Gasteiger partial charge < -0.3 is 0 Å². The van der Waals surface area contributed by atoms with E-state index in [1.165, 1.54) is 18.5 Å². The second-order valence-electron chi connectivity index (χ2n) is 2.97. The first-order valence-electron chi connectivity index (χ1n) is 4.06. The lowest BCUT2D eigenvalue weighted by Crippen LogP contribution is -2.25. The summed E-state index contributed by atoms with van der Waals surface area (Å²) in [5.74, 6) is 0. The predicted molar refractivity (Wildman–Crippen MR) is 54.2 cm³/mol. The Kier molecular flexibility index (Phi) is 3.38. The number of sulfonamides is 1. The van der Waals surface area contributed by atoms with Gasteiger partial charge in [-0.05, 0) is 19.1 Å². The van der Waals surface area contributed by atoms with Crippen LogP contribution in [0.4, 0.5) is 0 Å². The molecule has 0 unspecified atom stereocenters. The van der Waals surface area contributed by atoms with Gasteiger partial charge >= 0.3 is 0 Å². The highest BCUT2D eigenvalue weighted by Gasteiger charge is 2.12. The van der Waals surface area contributed by atoms with Gasteiger partial charge in [0.15, 0.2) is 0 Å². The second-order valence-corrected chi connectivity index (χ2v) is 4.74. The van der Waals surface area contributed by atoms with E-state index in [-0.39, 0.29) is 11.4 Å². The molecule has 0 radical (unpaired) electrons. The zero-order valence-electron chi connectivity index (χ0n) is 7.90. The Morgan fingerprint density at radius 2 is 2.36 bits per heavy atom. The standard InChI is InChI=1S/C9H12N2O2S/c1-8(2)6-11-14(12,13)9-4-3-5-10-7-9/h3-5,7,11H,1,6H2,2H3. The molecule has 0 bridgehead atoms. The molecule has 14 heavy (non-hydrogen) atoms. The molecule has 0 aromatic carbocycles. The second kappa shape index (κ2) is 4.34. The molecule has 0 aliphatic carbocycles. The van der Waals surface area contributed by atoms with Crippen molar-refractivity contribution in [3.05, 3.63) is 36.7 Å². The molecule has 1 aromatic heterocycles. The summed E-state index contributed by atoms with van der Waals surface area (Å²) < 4.78 is 25.5. The molecule has 1 heterocycles. The van der Waals surface area contributed by atoms with Gasteiger partial charge in [-0.1, -0.05) is 12.2 Å². The van der Waals surface area contributed by atoms with E-state index in [4.69, 9.17) is 0 Å². The molecule has 0 amide bonds. The highest BCUT2D eigenvalue weighted by Crippen LogP contribution is 2.05. The van der Waals surface area contributed by atoms with Crippen LogP contribution in [0, 0.1) is 0 Å². The van der Waals surface area contributed by atoms with Crippen LogP contribution in [0.5, 0.6) is 0 Å². The first kappa shape index (κ1) is 10.9. The van der Waals surface area contributed by atoms with Gasteiger partial charge in [0.2, 0.25) is 10.0 Å². The van der Waals surface area contributed by atoms with E-state index in [0.717, 1.165) is 5.57 Å². The fourth-order valence-corrected chi connectivity index (χ4v) is 1.87. The normalized spacial score (nSPS) is 11.2. The van der Waals surface area contributed by atoms with Crippen LogP contribution in [0.1, 0.15) is 6.92 Å². The predicted octanol–water partition coefficient (Wildman–Crippen LogP) is 0.936. The van der Waals surface area contributed by atoms with Gasteiger partial charge in [-0.15, -0.1) is 0 Å². The monoisotopic (exact) mass is 212 g/mol. The van der Waals surface area contributed by atoms with E-state index in [0.29, 0.717) is 0 Å². The minimum Gasteiger partial charge on any atom is -0.263 e. The molecule has 0 saturated carbocycles. The highest BCUT2D eigenvalue weighted by molar-refractivity contribution is 7.89. The molecule has 0 spiro atoms. The molecular formula is C9H12N2O2S. The van der Waals surface area contributed by atoms with Crippen LogP contribution in [-0.4, -0.2) is 19.9 Å². The summed E-state index contributed by atoms with van der Waals surface area (Å²) in [6.45, 7) is 5.61. The average Bonchev–Trinajstić information content (AvgIpc) is 2.16. The third-order valence-corrected chi connectivity index (χ3v) is 2.90. The Balaban J connectivity index is 2.82. The van der Waals surface area contributed by atoms with Crippen LogP contribution in [0.2, 0.25) is 0 Å². The van der Waals surface area contributed by atoms with E-state index in [9.17, 15) is 8.42 Å². The van der Waals surface area contributed by atoms with Crippen molar-refractivity contribution in [2.24, 2.45) is 0 Å². The quantitative estimate of drug-likeness (QED) is 0.755. The minimum absolute atomic E-state index is 0.168. The molecule has 0 aliphatic heterocycles. The van der Waals surface area contributed by atoms with Gasteiger partial charge in [0.05, 0.1) is 0 Å². The summed E-state index contributed by atoms with van der Waals surface area (Å²) >= 11 is 0. The lowest BCUT2D eigenvalue weighted by Gasteiger charge is -2.05. The highest BCUT2D eigenvalue weighted by atomic mass is 32.2. The Labute approximate surface area is 83.7 Å². The number of rotatable bonds is 4. The van der Waals surface area contributed by atoms with Crippen LogP contribution in [-0.2, 0) is 10.0 Å². The van der Waals surface area contributed by atoms with E-state index in [1.807, 2.05) is 0 Å². The van der Waals surface area contributed by atoms with Crippen LogP contribution in [0.3, 0.4) is 0 Å². The first-order chi connectivity index (χ1) is 6.52. The van der Waals surface area contributed by atoms with Crippen LogP contribution < -0.4 is 4.72 Å². The van der Waals surface area contributed by atoms with E-state index < -0.39 is 10.0 Å². The minimum atomic E-state index is -3.43. The molecule has 0 atom stereocenters. The van der Waals surface area contributed by atoms with Crippen molar-refractivity contribution in [1.82, 2.24) is 9.71 Å². The zero-order valence-corrected chi connectivity index (χ0v) is 8.71. The smallest absolute Gasteiger partial charge is 0.242 e. The SMILES string of the molecule is C=C(C)CNS(=O)(=O)c1cccnc1. The molecule has 1 rings (SSSR count). The summed E-state index contributed by atoms with van der Waals surface area (Å²) in [5, 5.41) is 0. The number of nitrogens with one attached hydrogen (secondary N) is 1. The number of pyridine rings is 1. The maximum atomic E-state index is 11.5. The van der Waals surface area contributed by atoms with Gasteiger partial charge in [0.25, 0.3) is 0 Å². The number of hydrogen-bond donors (Lipinski definition) is 1. The van der Waals surface area contributed by atoms with Crippen molar-refractivity contribution in [3.8, 4) is 0 Å². The third kappa shape index (κ3) is 2.93. The molecular weight excluding hydrogens is 200 g/mol. The molecule has 76 valence electrons. The Morgan fingerprint density at radius 1 is 1.64 bits per heavy atom. The number of hydrogen-bond acceptors (Lipinski definition) is 3. The van der Waals surface area contributed by atoms with Crippen LogP contribution >= 0.6 is 0 Å². The van der Waals surface area contributed by atoms with Crippen molar-refractivity contribution in [1.29, 1.82) is 0 Å². The first-order valence-corrected chi connectivity index (χ1v) is 5.55. The molecule has 0 aliphatic rings. The van der Waals surface area contributed by atoms with E-state index in [2.05, 4.69) is 16.3 Å². The van der Waals surface area contributed by atoms with Crippen molar-refractivity contribution < 1.29 is 8.42 Å². The van der Waals surface area contributed by atoms with Crippen molar-refractivity contribution in [3.63, 3.8) is 0 Å². The Morgan fingerprint density at radius 3 is 2.86 bits per heavy atom. The molecule has 1 aromatic rings. The van der Waals surface area contributed by atoms with E-state index in [1.54, 1.807) is 13.0 Å². The third-order valence-electron chi connectivity index (χ3n) is 1.51. The van der Waals surface area contributed by atoms with Gasteiger partial charge in [0, 0.05) is 18.9 Å². The lowest BCUT2D eigenvalue weighted by molar-refractivity contribution is 0.584. The van der Waals surface area contributed by atoms with Crippen molar-refractivity contribution in [2.45, 2.75) is 11.8 Å². The maximum absolute atomic E-state index is 11.5. The number of nitrogens with zero attached hydrogens (tertiary/aromatic N) is 1. The topological polar surface area (TPSA) is 59.1 Å². The summed E-state index contributed by atoms with van der Waals surface area (Å²) in [7, 11) is -3.43. The molecule has 5 heteroatoms. The van der Waals surface area contributed by atoms with Gasteiger partial charge in [-0.3, -0.25) is 4.98 Å². The Bertz CT molecular complexity index is 412. The van der Waals surface area contributed by atoms with Crippen molar-refractivity contribution in [2.75, 3.05) is 6.54 Å². The summed E-state index contributed by atoms with van der Waals surface area (Å²) in [6, 6.07) is 3.07. The lowest BCUT2D eigenvalue weighted by atomic mass is 10.4. The summed E-state index contributed by atoms with van der Waals surface area (Å²) in [5.41, 5.74) is 0.762. The van der Waals surface area contributed by atoms with Crippen molar-refractivity contribution >= 4 is 10.0 Å². The maximum Gasteiger partial charge on any atom is 0.242 e. The molecule has 0 saturated heterocycles. The molecule has 0 fully saturated rings. The average molecular weight is 212 g/mol. The van der Waals surface area contributed by atoms with Crippen LogP contribution in [0.15, 0.2) is 41.6 Å². The summed E-state index contributed by atoms with van der Waals surface area (Å²) in [6.07, 6.45) is 2.83. The van der Waals surface area contributed by atoms with Gasteiger partial charge in [0.1, 0.15) is 4.90 Å². The summed E-state index contributed by atoms with van der Waals surface area (Å²) in [4.78, 5) is 3.90. The van der Waals surface area contributed by atoms with E-state index >= 15 is 0 Å². The molecule has 4 nitrogen and oxygen atoms in total. The van der Waals surface area contributed by atoms with Gasteiger partial charge in [-0.25, -0.2) is 13.1 Å². The fourth-order valence-electron chi connectivity index (χ4n) is 0.808. The zero-order chi connectivity index (χ0) is 10.6. The van der Waals surface area contributed by atoms with Crippen LogP contribution in [0.25, 0.3) is 0 Å². The fraction of sp³-hybridized carbons (Fsp3) is 0.222. The number of aromatic nitrogens is 1.